The summed E-state index contributed by atoms with van der Waals surface area (Å²) in [6, 6.07) is -0.340. The van der Waals surface area contributed by atoms with Gasteiger partial charge in [0.1, 0.15) is 5.50 Å². The van der Waals surface area contributed by atoms with Gasteiger partial charge in [0, 0.05) is 0 Å². The lowest BCUT2D eigenvalue weighted by Crippen LogP contribution is -2.31. The molecule has 0 aromatic carbocycles. The Morgan fingerprint density at radius 2 is 2.45 bits per heavy atom. The molecule has 0 spiro atoms. The van der Waals surface area contributed by atoms with Crippen molar-refractivity contribution in [2.24, 2.45) is 0 Å². The second kappa shape index (κ2) is 3.44. The lowest BCUT2D eigenvalue weighted by atomic mass is 10.8. The Bertz CT molecular complexity index is 185. The van der Waals surface area contributed by atoms with Gasteiger partial charge in [0.25, 0.3) is 0 Å². The van der Waals surface area contributed by atoms with Crippen LogP contribution in [0.4, 0.5) is 4.79 Å². The first kappa shape index (κ1) is 8.15. The molecule has 0 saturated carbocycles. The lowest BCUT2D eigenvalue weighted by Gasteiger charge is -2.04. The molecule has 1 saturated heterocycles. The SMILES string of the molecule is O=C(O)CSC1NNC(=O)N1. The highest BCUT2D eigenvalue weighted by molar-refractivity contribution is 8.00. The number of aliphatic carboxylic acids is 1. The second-order valence-electron chi connectivity index (χ2n) is 1.83. The molecule has 4 N–H and O–H groups in total. The third-order valence-corrected chi connectivity index (χ3v) is 1.94. The van der Waals surface area contributed by atoms with E-state index in [-0.39, 0.29) is 17.3 Å². The first-order valence-corrected chi connectivity index (χ1v) is 3.89. The Hall–Kier alpha value is -0.950. The van der Waals surface area contributed by atoms with Crippen molar-refractivity contribution in [3.05, 3.63) is 0 Å². The highest BCUT2D eigenvalue weighted by Crippen LogP contribution is 2.05. The number of carbonyl (C=O) groups is 2. The van der Waals surface area contributed by atoms with Crippen LogP contribution < -0.4 is 16.2 Å². The molecule has 1 fully saturated rings. The summed E-state index contributed by atoms with van der Waals surface area (Å²) in [6.45, 7) is 0. The smallest absolute Gasteiger partial charge is 0.331 e. The van der Waals surface area contributed by atoms with Gasteiger partial charge in [-0.15, -0.1) is 11.8 Å². The predicted octanol–water partition coefficient (Wildman–Crippen LogP) is -1.09. The topological polar surface area (TPSA) is 90.5 Å². The molecule has 0 aliphatic carbocycles. The number of hydrazine groups is 1. The first-order valence-electron chi connectivity index (χ1n) is 2.84. The van der Waals surface area contributed by atoms with E-state index in [0.717, 1.165) is 11.8 Å². The molecule has 0 bridgehead atoms. The van der Waals surface area contributed by atoms with Gasteiger partial charge < -0.3 is 10.4 Å². The monoisotopic (exact) mass is 177 g/mol. The Labute approximate surface area is 66.7 Å². The van der Waals surface area contributed by atoms with Gasteiger partial charge in [0.05, 0.1) is 5.75 Å². The summed E-state index contributed by atoms with van der Waals surface area (Å²) in [7, 11) is 0. The zero-order valence-electron chi connectivity index (χ0n) is 5.46. The number of hydrogen-bond acceptors (Lipinski definition) is 4. The molecule has 1 atom stereocenters. The quantitative estimate of drug-likeness (QED) is 0.439. The number of nitrogens with one attached hydrogen (secondary N) is 3. The molecule has 7 heteroatoms. The lowest BCUT2D eigenvalue weighted by molar-refractivity contribution is -0.133. The summed E-state index contributed by atoms with van der Waals surface area (Å²) in [5.41, 5.74) is 4.48. The summed E-state index contributed by atoms with van der Waals surface area (Å²) in [4.78, 5) is 20.5. The summed E-state index contributed by atoms with van der Waals surface area (Å²) in [5, 5.41) is 10.7. The van der Waals surface area contributed by atoms with E-state index in [4.69, 9.17) is 5.11 Å². The molecule has 11 heavy (non-hydrogen) atoms. The minimum Gasteiger partial charge on any atom is -0.481 e. The van der Waals surface area contributed by atoms with Gasteiger partial charge in [0.2, 0.25) is 0 Å². The molecule has 0 aromatic heterocycles. The fourth-order valence-electron chi connectivity index (χ4n) is 0.560. The van der Waals surface area contributed by atoms with E-state index in [1.165, 1.54) is 0 Å². The van der Waals surface area contributed by atoms with Crippen LogP contribution in [0.2, 0.25) is 0 Å². The summed E-state index contributed by atoms with van der Waals surface area (Å²) in [6.07, 6.45) is 0. The molecule has 1 rings (SSSR count). The number of carbonyl (C=O) groups excluding carboxylic acids is 1. The minimum atomic E-state index is -0.905. The highest BCUT2D eigenvalue weighted by Gasteiger charge is 2.19. The molecule has 1 heterocycles. The van der Waals surface area contributed by atoms with E-state index in [1.54, 1.807) is 0 Å². The summed E-state index contributed by atoms with van der Waals surface area (Å²) >= 11 is 1.09. The van der Waals surface area contributed by atoms with E-state index in [2.05, 4.69) is 16.2 Å². The Kier molecular flexibility index (Phi) is 2.55. The first-order chi connectivity index (χ1) is 5.18. The zero-order chi connectivity index (χ0) is 8.27. The van der Waals surface area contributed by atoms with Crippen molar-refractivity contribution in [3.8, 4) is 0 Å². The average Bonchev–Trinajstić information content (AvgIpc) is 2.31. The normalized spacial score (nSPS) is 22.5. The van der Waals surface area contributed by atoms with Crippen molar-refractivity contribution < 1.29 is 14.7 Å². The number of thioether (sulfide) groups is 1. The molecule has 62 valence electrons. The number of carboxylic acids is 1. The fourth-order valence-corrected chi connectivity index (χ4v) is 1.20. The van der Waals surface area contributed by atoms with Gasteiger partial charge in [-0.2, -0.15) is 0 Å². The van der Waals surface area contributed by atoms with Crippen molar-refractivity contribution in [2.45, 2.75) is 5.50 Å². The van der Waals surface area contributed by atoms with Crippen molar-refractivity contribution in [3.63, 3.8) is 0 Å². The van der Waals surface area contributed by atoms with Crippen LogP contribution in [0.1, 0.15) is 0 Å². The molecule has 1 aliphatic rings. The molecule has 1 aliphatic heterocycles. The van der Waals surface area contributed by atoms with Gasteiger partial charge in [-0.1, -0.05) is 0 Å². The number of amides is 2. The predicted molar refractivity (Wildman–Crippen MR) is 38.7 cm³/mol. The van der Waals surface area contributed by atoms with Gasteiger partial charge >= 0.3 is 12.0 Å². The standard InChI is InChI=1S/C4H7N3O3S/c8-2(9)1-11-4-5-3(10)6-7-4/h4,7H,1H2,(H,8,9)(H2,5,6,10). The molecule has 2 amide bonds. The molecule has 1 unspecified atom stereocenters. The second-order valence-corrected chi connectivity index (χ2v) is 2.92. The third kappa shape index (κ3) is 2.64. The van der Waals surface area contributed by atoms with Crippen molar-refractivity contribution in [1.82, 2.24) is 16.2 Å². The number of carboxylic acid groups (broad SMARTS) is 1. The Balaban J connectivity index is 2.18. The van der Waals surface area contributed by atoms with Crippen LogP contribution in [0.3, 0.4) is 0 Å². The van der Waals surface area contributed by atoms with Gasteiger partial charge in [0.15, 0.2) is 0 Å². The average molecular weight is 177 g/mol. The van der Waals surface area contributed by atoms with Crippen LogP contribution in [0, 0.1) is 0 Å². The van der Waals surface area contributed by atoms with Crippen LogP contribution in [0.15, 0.2) is 0 Å². The van der Waals surface area contributed by atoms with Crippen LogP contribution in [-0.2, 0) is 4.79 Å². The van der Waals surface area contributed by atoms with Crippen molar-refractivity contribution in [1.29, 1.82) is 0 Å². The maximum atomic E-state index is 10.5. The van der Waals surface area contributed by atoms with E-state index in [9.17, 15) is 9.59 Å². The Morgan fingerprint density at radius 1 is 1.73 bits per heavy atom. The van der Waals surface area contributed by atoms with Crippen LogP contribution in [0.25, 0.3) is 0 Å². The molecule has 0 aromatic rings. The number of hydrogen-bond donors (Lipinski definition) is 4. The number of urea groups is 1. The van der Waals surface area contributed by atoms with E-state index in [0.29, 0.717) is 0 Å². The van der Waals surface area contributed by atoms with Crippen LogP contribution >= 0.6 is 11.8 Å². The molecular formula is C4H7N3O3S. The van der Waals surface area contributed by atoms with E-state index in [1.807, 2.05) is 0 Å². The zero-order valence-corrected chi connectivity index (χ0v) is 6.27. The number of rotatable bonds is 3. The maximum Gasteiger partial charge on any atom is 0.331 e. The van der Waals surface area contributed by atoms with E-state index >= 15 is 0 Å². The van der Waals surface area contributed by atoms with E-state index < -0.39 is 5.97 Å². The maximum absolute atomic E-state index is 10.5. The molecular weight excluding hydrogens is 170 g/mol. The third-order valence-electron chi connectivity index (χ3n) is 0.952. The minimum absolute atomic E-state index is 0.0420. The van der Waals surface area contributed by atoms with Crippen molar-refractivity contribution in [2.75, 3.05) is 5.75 Å². The molecule has 6 nitrogen and oxygen atoms in total. The highest BCUT2D eigenvalue weighted by atomic mass is 32.2. The molecule has 0 radical (unpaired) electrons. The summed E-state index contributed by atoms with van der Waals surface area (Å²) < 4.78 is 0. The van der Waals surface area contributed by atoms with Gasteiger partial charge in [-0.25, -0.2) is 10.2 Å². The van der Waals surface area contributed by atoms with Gasteiger partial charge in [-0.3, -0.25) is 10.2 Å². The summed E-state index contributed by atoms with van der Waals surface area (Å²) in [5.74, 6) is -0.947. The van der Waals surface area contributed by atoms with Gasteiger partial charge in [-0.05, 0) is 0 Å². The fraction of sp³-hybridized carbons (Fsp3) is 0.500. The van der Waals surface area contributed by atoms with Crippen molar-refractivity contribution >= 4 is 23.8 Å². The largest absolute Gasteiger partial charge is 0.481 e. The Morgan fingerprint density at radius 3 is 2.91 bits per heavy atom. The van der Waals surface area contributed by atoms with Crippen LogP contribution in [-0.4, -0.2) is 28.4 Å². The van der Waals surface area contributed by atoms with Crippen LogP contribution in [0.5, 0.6) is 0 Å².